The molecule has 1 rings (SSSR count). The van der Waals surface area contributed by atoms with Crippen molar-refractivity contribution in [3.8, 4) is 0 Å². The molecule has 17 heavy (non-hydrogen) atoms. The Morgan fingerprint density at radius 1 is 1.18 bits per heavy atom. The summed E-state index contributed by atoms with van der Waals surface area (Å²) in [6.07, 6.45) is 1.58. The van der Waals surface area contributed by atoms with E-state index in [-0.39, 0.29) is 5.78 Å². The number of carbonyl (C=O) groups excluding carboxylic acids is 1. The third-order valence-electron chi connectivity index (χ3n) is 2.94. The van der Waals surface area contributed by atoms with Gasteiger partial charge in [-0.1, -0.05) is 41.9 Å². The summed E-state index contributed by atoms with van der Waals surface area (Å²) >= 11 is 3.37. The van der Waals surface area contributed by atoms with Gasteiger partial charge in [-0.3, -0.25) is 4.79 Å². The van der Waals surface area contributed by atoms with Crippen LogP contribution < -0.4 is 0 Å². The van der Waals surface area contributed by atoms with Crippen molar-refractivity contribution in [3.05, 3.63) is 34.3 Å². The molecule has 0 heterocycles. The highest BCUT2D eigenvalue weighted by Crippen LogP contribution is 2.12. The van der Waals surface area contributed by atoms with Gasteiger partial charge in [0.05, 0.1) is 0 Å². The van der Waals surface area contributed by atoms with Crippen LogP contribution in [0.1, 0.15) is 37.0 Å². The van der Waals surface area contributed by atoms with E-state index in [9.17, 15) is 4.79 Å². The van der Waals surface area contributed by atoms with E-state index in [1.165, 1.54) is 0 Å². The van der Waals surface area contributed by atoms with Gasteiger partial charge in [0.15, 0.2) is 5.78 Å². The van der Waals surface area contributed by atoms with Crippen molar-refractivity contribution in [2.24, 2.45) is 0 Å². The first-order valence-electron chi connectivity index (χ1n) is 6.18. The number of Topliss-reactive ketones (excluding diaryl/α,β-unsaturated/α-hetero) is 1. The van der Waals surface area contributed by atoms with E-state index in [4.69, 9.17) is 0 Å². The summed E-state index contributed by atoms with van der Waals surface area (Å²) in [4.78, 5) is 14.2. The summed E-state index contributed by atoms with van der Waals surface area (Å²) in [5, 5.41) is 0. The lowest BCUT2D eigenvalue weighted by Gasteiger charge is -2.17. The molecule has 1 aromatic rings. The Morgan fingerprint density at radius 2 is 1.76 bits per heavy atom. The molecule has 0 aliphatic heterocycles. The topological polar surface area (TPSA) is 20.3 Å². The van der Waals surface area contributed by atoms with Crippen LogP contribution in [-0.2, 0) is 0 Å². The highest BCUT2D eigenvalue weighted by atomic mass is 79.9. The van der Waals surface area contributed by atoms with E-state index >= 15 is 0 Å². The molecule has 0 aromatic heterocycles. The molecular formula is C14H20BrNO. The van der Waals surface area contributed by atoms with Gasteiger partial charge in [0.1, 0.15) is 0 Å². The molecule has 1 aromatic carbocycles. The van der Waals surface area contributed by atoms with Crippen molar-refractivity contribution < 1.29 is 4.79 Å². The second-order valence-corrected chi connectivity index (χ2v) is 4.98. The number of ketones is 1. The zero-order valence-electron chi connectivity index (χ0n) is 10.6. The van der Waals surface area contributed by atoms with Crippen LogP contribution in [0.25, 0.3) is 0 Å². The minimum atomic E-state index is 0.240. The number of hydrogen-bond acceptors (Lipinski definition) is 2. The molecule has 0 amide bonds. The summed E-state index contributed by atoms with van der Waals surface area (Å²) in [6.45, 7) is 7.43. The third kappa shape index (κ3) is 5.00. The van der Waals surface area contributed by atoms with Crippen LogP contribution in [0.4, 0.5) is 0 Å². The molecule has 0 bridgehead atoms. The van der Waals surface area contributed by atoms with Crippen LogP contribution in [0.5, 0.6) is 0 Å². The van der Waals surface area contributed by atoms with Gasteiger partial charge < -0.3 is 4.90 Å². The Kier molecular flexibility index (Phi) is 6.45. The lowest BCUT2D eigenvalue weighted by Crippen LogP contribution is -2.24. The van der Waals surface area contributed by atoms with Crippen LogP contribution in [0.2, 0.25) is 0 Å². The molecule has 0 saturated carbocycles. The average molecular weight is 298 g/mol. The number of nitrogens with zero attached hydrogens (tertiary/aromatic N) is 1. The first-order chi connectivity index (χ1) is 8.17. The van der Waals surface area contributed by atoms with E-state index < -0.39 is 0 Å². The van der Waals surface area contributed by atoms with Crippen molar-refractivity contribution in [1.82, 2.24) is 4.90 Å². The molecule has 0 aliphatic carbocycles. The van der Waals surface area contributed by atoms with Crippen molar-refractivity contribution >= 4 is 21.7 Å². The number of halogens is 1. The van der Waals surface area contributed by atoms with Gasteiger partial charge in [-0.15, -0.1) is 0 Å². The fourth-order valence-corrected chi connectivity index (χ4v) is 2.05. The molecule has 0 atom stereocenters. The van der Waals surface area contributed by atoms with Crippen molar-refractivity contribution in [2.45, 2.75) is 26.7 Å². The maximum Gasteiger partial charge on any atom is 0.162 e. The maximum atomic E-state index is 11.9. The normalized spacial score (nSPS) is 10.8. The molecule has 0 unspecified atom stereocenters. The molecule has 0 spiro atoms. The largest absolute Gasteiger partial charge is 0.304 e. The Balaban J connectivity index is 2.37. The molecule has 0 saturated heterocycles. The van der Waals surface area contributed by atoms with Crippen molar-refractivity contribution in [2.75, 3.05) is 19.6 Å². The van der Waals surface area contributed by atoms with E-state index in [1.54, 1.807) is 0 Å². The van der Waals surface area contributed by atoms with Gasteiger partial charge in [0.2, 0.25) is 0 Å². The van der Waals surface area contributed by atoms with Crippen molar-refractivity contribution in [3.63, 3.8) is 0 Å². The van der Waals surface area contributed by atoms with Crippen LogP contribution >= 0.6 is 15.9 Å². The lowest BCUT2D eigenvalue weighted by molar-refractivity contribution is 0.0975. The van der Waals surface area contributed by atoms with Gasteiger partial charge in [0.25, 0.3) is 0 Å². The molecular weight excluding hydrogens is 278 g/mol. The van der Waals surface area contributed by atoms with Gasteiger partial charge >= 0.3 is 0 Å². The summed E-state index contributed by atoms with van der Waals surface area (Å²) in [5.74, 6) is 0.240. The number of rotatable bonds is 7. The lowest BCUT2D eigenvalue weighted by atomic mass is 10.1. The standard InChI is InChI=1S/C14H20BrNO/c1-3-16(4-2)11-5-6-14(17)12-7-9-13(15)10-8-12/h7-10H,3-6,11H2,1-2H3. The molecule has 0 N–H and O–H groups in total. The fraction of sp³-hybridized carbons (Fsp3) is 0.500. The Morgan fingerprint density at radius 3 is 2.29 bits per heavy atom. The Bertz CT molecular complexity index is 344. The molecule has 0 radical (unpaired) electrons. The first-order valence-corrected chi connectivity index (χ1v) is 6.97. The minimum absolute atomic E-state index is 0.240. The number of carbonyl (C=O) groups is 1. The second kappa shape index (κ2) is 7.62. The molecule has 3 heteroatoms. The number of benzene rings is 1. The highest BCUT2D eigenvalue weighted by Gasteiger charge is 2.06. The van der Waals surface area contributed by atoms with E-state index in [0.29, 0.717) is 6.42 Å². The van der Waals surface area contributed by atoms with Crippen molar-refractivity contribution in [1.29, 1.82) is 0 Å². The summed E-state index contributed by atoms with van der Waals surface area (Å²) in [5.41, 5.74) is 0.813. The SMILES string of the molecule is CCN(CC)CCCC(=O)c1ccc(Br)cc1. The predicted octanol–water partition coefficient (Wildman–Crippen LogP) is 3.75. The van der Waals surface area contributed by atoms with E-state index in [2.05, 4.69) is 34.7 Å². The Labute approximate surface area is 112 Å². The molecule has 94 valence electrons. The van der Waals surface area contributed by atoms with Gasteiger partial charge in [-0.2, -0.15) is 0 Å². The minimum Gasteiger partial charge on any atom is -0.304 e. The predicted molar refractivity (Wildman–Crippen MR) is 75.5 cm³/mol. The summed E-state index contributed by atoms with van der Waals surface area (Å²) in [7, 11) is 0. The average Bonchev–Trinajstić information content (AvgIpc) is 2.35. The quantitative estimate of drug-likeness (QED) is 0.714. The Hall–Kier alpha value is -0.670. The maximum absolute atomic E-state index is 11.9. The van der Waals surface area contributed by atoms with Crippen LogP contribution in [-0.4, -0.2) is 30.3 Å². The monoisotopic (exact) mass is 297 g/mol. The molecule has 0 aliphatic rings. The van der Waals surface area contributed by atoms with Crippen LogP contribution in [0.3, 0.4) is 0 Å². The van der Waals surface area contributed by atoms with Gasteiger partial charge in [0, 0.05) is 16.5 Å². The zero-order chi connectivity index (χ0) is 12.7. The fourth-order valence-electron chi connectivity index (χ4n) is 1.78. The smallest absolute Gasteiger partial charge is 0.162 e. The van der Waals surface area contributed by atoms with Crippen LogP contribution in [0.15, 0.2) is 28.7 Å². The first kappa shape index (κ1) is 14.4. The van der Waals surface area contributed by atoms with Gasteiger partial charge in [-0.25, -0.2) is 0 Å². The highest BCUT2D eigenvalue weighted by molar-refractivity contribution is 9.10. The molecule has 0 fully saturated rings. The molecule has 2 nitrogen and oxygen atoms in total. The van der Waals surface area contributed by atoms with Crippen LogP contribution in [0, 0.1) is 0 Å². The van der Waals surface area contributed by atoms with E-state index in [0.717, 1.165) is 36.1 Å². The summed E-state index contributed by atoms with van der Waals surface area (Å²) < 4.78 is 1.01. The summed E-state index contributed by atoms with van der Waals surface area (Å²) in [6, 6.07) is 7.59. The second-order valence-electron chi connectivity index (χ2n) is 4.06. The number of hydrogen-bond donors (Lipinski definition) is 0. The third-order valence-corrected chi connectivity index (χ3v) is 3.47. The van der Waals surface area contributed by atoms with E-state index in [1.807, 2.05) is 24.3 Å². The van der Waals surface area contributed by atoms with Gasteiger partial charge in [-0.05, 0) is 38.2 Å². The zero-order valence-corrected chi connectivity index (χ0v) is 12.2.